The van der Waals surface area contributed by atoms with E-state index in [0.717, 1.165) is 32.5 Å². The van der Waals surface area contributed by atoms with Crippen LogP contribution in [-0.2, 0) is 16.0 Å². The SMILES string of the molecule is O=C(CC1COCCN1)NCC1CCc2ccccc21. The van der Waals surface area contributed by atoms with Crippen molar-refractivity contribution in [3.63, 3.8) is 0 Å². The van der Waals surface area contributed by atoms with Gasteiger partial charge in [0.05, 0.1) is 13.2 Å². The molecule has 0 bridgehead atoms. The van der Waals surface area contributed by atoms with Crippen molar-refractivity contribution in [2.45, 2.75) is 31.2 Å². The summed E-state index contributed by atoms with van der Waals surface area (Å²) < 4.78 is 5.36. The summed E-state index contributed by atoms with van der Waals surface area (Å²) in [5.74, 6) is 0.600. The van der Waals surface area contributed by atoms with E-state index in [2.05, 4.69) is 34.9 Å². The fourth-order valence-corrected chi connectivity index (χ4v) is 3.14. The number of hydrogen-bond donors (Lipinski definition) is 2. The zero-order chi connectivity index (χ0) is 13.8. The molecule has 0 saturated carbocycles. The monoisotopic (exact) mass is 274 g/mol. The minimum absolute atomic E-state index is 0.123. The maximum absolute atomic E-state index is 12.0. The average Bonchev–Trinajstić information content (AvgIpc) is 2.89. The molecule has 1 aliphatic carbocycles. The Morgan fingerprint density at radius 2 is 2.30 bits per heavy atom. The van der Waals surface area contributed by atoms with E-state index in [9.17, 15) is 4.79 Å². The van der Waals surface area contributed by atoms with Crippen molar-refractivity contribution < 1.29 is 9.53 Å². The summed E-state index contributed by atoms with van der Waals surface area (Å²) in [5, 5.41) is 6.39. The van der Waals surface area contributed by atoms with Crippen molar-refractivity contribution in [1.82, 2.24) is 10.6 Å². The van der Waals surface area contributed by atoms with Crippen molar-refractivity contribution in [1.29, 1.82) is 0 Å². The van der Waals surface area contributed by atoms with E-state index in [4.69, 9.17) is 4.74 Å². The topological polar surface area (TPSA) is 50.4 Å². The molecular weight excluding hydrogens is 252 g/mol. The van der Waals surface area contributed by atoms with Crippen molar-refractivity contribution in [2.75, 3.05) is 26.3 Å². The number of hydrogen-bond acceptors (Lipinski definition) is 3. The molecule has 1 heterocycles. The Hall–Kier alpha value is -1.39. The maximum atomic E-state index is 12.0. The second kappa shape index (κ2) is 6.37. The number of rotatable bonds is 4. The first-order valence-corrected chi connectivity index (χ1v) is 7.48. The van der Waals surface area contributed by atoms with Crippen LogP contribution in [0, 0.1) is 0 Å². The van der Waals surface area contributed by atoms with Crippen molar-refractivity contribution in [3.8, 4) is 0 Å². The zero-order valence-electron chi connectivity index (χ0n) is 11.7. The molecule has 1 amide bonds. The summed E-state index contributed by atoms with van der Waals surface area (Å²) in [6, 6.07) is 8.73. The van der Waals surface area contributed by atoms with Crippen LogP contribution in [0.3, 0.4) is 0 Å². The molecule has 108 valence electrons. The number of carbonyl (C=O) groups is 1. The van der Waals surface area contributed by atoms with Gasteiger partial charge in [0.1, 0.15) is 0 Å². The van der Waals surface area contributed by atoms with Gasteiger partial charge < -0.3 is 15.4 Å². The highest BCUT2D eigenvalue weighted by molar-refractivity contribution is 5.76. The van der Waals surface area contributed by atoms with Gasteiger partial charge in [-0.25, -0.2) is 0 Å². The third-order valence-electron chi connectivity index (χ3n) is 4.23. The molecule has 0 spiro atoms. The lowest BCUT2D eigenvalue weighted by atomic mass is 10.0. The Labute approximate surface area is 119 Å². The molecule has 1 saturated heterocycles. The Bertz CT molecular complexity index is 469. The molecule has 3 rings (SSSR count). The van der Waals surface area contributed by atoms with Gasteiger partial charge in [0.25, 0.3) is 0 Å². The lowest BCUT2D eigenvalue weighted by Gasteiger charge is -2.23. The maximum Gasteiger partial charge on any atom is 0.221 e. The summed E-state index contributed by atoms with van der Waals surface area (Å²) in [4.78, 5) is 12.0. The Morgan fingerprint density at radius 1 is 1.40 bits per heavy atom. The normalized spacial score (nSPS) is 25.2. The van der Waals surface area contributed by atoms with E-state index in [1.54, 1.807) is 0 Å². The van der Waals surface area contributed by atoms with Crippen LogP contribution in [-0.4, -0.2) is 38.3 Å². The second-order valence-corrected chi connectivity index (χ2v) is 5.67. The van der Waals surface area contributed by atoms with Crippen molar-refractivity contribution in [2.24, 2.45) is 0 Å². The number of amides is 1. The Morgan fingerprint density at radius 3 is 3.15 bits per heavy atom. The number of fused-ring (bicyclic) bond motifs is 1. The largest absolute Gasteiger partial charge is 0.378 e. The van der Waals surface area contributed by atoms with Gasteiger partial charge in [-0.3, -0.25) is 4.79 Å². The Balaban J connectivity index is 1.46. The van der Waals surface area contributed by atoms with Gasteiger partial charge >= 0.3 is 0 Å². The van der Waals surface area contributed by atoms with E-state index in [0.29, 0.717) is 18.9 Å². The highest BCUT2D eigenvalue weighted by Crippen LogP contribution is 2.32. The minimum Gasteiger partial charge on any atom is -0.378 e. The highest BCUT2D eigenvalue weighted by atomic mass is 16.5. The molecule has 2 aliphatic rings. The average molecular weight is 274 g/mol. The van der Waals surface area contributed by atoms with Crippen LogP contribution < -0.4 is 10.6 Å². The summed E-state index contributed by atoms with van der Waals surface area (Å²) in [5.41, 5.74) is 2.85. The van der Waals surface area contributed by atoms with Crippen LogP contribution in [0.1, 0.15) is 29.9 Å². The second-order valence-electron chi connectivity index (χ2n) is 5.67. The predicted octanol–water partition coefficient (Wildman–Crippen LogP) is 1.21. The van der Waals surface area contributed by atoms with Crippen LogP contribution in [0.4, 0.5) is 0 Å². The molecule has 1 aromatic carbocycles. The molecule has 4 heteroatoms. The van der Waals surface area contributed by atoms with Crippen molar-refractivity contribution in [3.05, 3.63) is 35.4 Å². The summed E-state index contributed by atoms with van der Waals surface area (Å²) >= 11 is 0. The minimum atomic E-state index is 0.123. The van der Waals surface area contributed by atoms with E-state index >= 15 is 0 Å². The lowest BCUT2D eigenvalue weighted by molar-refractivity contribution is -0.122. The van der Waals surface area contributed by atoms with E-state index in [-0.39, 0.29) is 11.9 Å². The summed E-state index contributed by atoms with van der Waals surface area (Å²) in [7, 11) is 0. The van der Waals surface area contributed by atoms with Gasteiger partial charge in [-0.05, 0) is 24.0 Å². The Kier molecular flexibility index (Phi) is 4.33. The van der Waals surface area contributed by atoms with Gasteiger partial charge in [0.15, 0.2) is 0 Å². The molecule has 20 heavy (non-hydrogen) atoms. The van der Waals surface area contributed by atoms with E-state index in [1.165, 1.54) is 11.1 Å². The molecule has 0 aromatic heterocycles. The third-order valence-corrected chi connectivity index (χ3v) is 4.23. The first kappa shape index (κ1) is 13.6. The highest BCUT2D eigenvalue weighted by Gasteiger charge is 2.23. The lowest BCUT2D eigenvalue weighted by Crippen LogP contribution is -2.44. The van der Waals surface area contributed by atoms with Gasteiger partial charge in [-0.1, -0.05) is 24.3 Å². The molecule has 1 fully saturated rings. The predicted molar refractivity (Wildman–Crippen MR) is 77.7 cm³/mol. The van der Waals surface area contributed by atoms with Crippen molar-refractivity contribution >= 4 is 5.91 Å². The smallest absolute Gasteiger partial charge is 0.221 e. The van der Waals surface area contributed by atoms with Crippen LogP contribution in [0.15, 0.2) is 24.3 Å². The standard InChI is InChI=1S/C16H22N2O2/c19-16(9-14-11-20-8-7-17-14)18-10-13-6-5-12-3-1-2-4-15(12)13/h1-4,13-14,17H,5-11H2,(H,18,19). The molecular formula is C16H22N2O2. The van der Waals surface area contributed by atoms with Gasteiger partial charge in [0, 0.05) is 31.5 Å². The van der Waals surface area contributed by atoms with Crippen LogP contribution in [0.5, 0.6) is 0 Å². The first-order valence-electron chi connectivity index (χ1n) is 7.48. The van der Waals surface area contributed by atoms with Crippen LogP contribution in [0.25, 0.3) is 0 Å². The van der Waals surface area contributed by atoms with Crippen LogP contribution >= 0.6 is 0 Å². The number of aryl methyl sites for hydroxylation is 1. The number of carbonyl (C=O) groups excluding carboxylic acids is 1. The van der Waals surface area contributed by atoms with Crippen LogP contribution in [0.2, 0.25) is 0 Å². The summed E-state index contributed by atoms with van der Waals surface area (Å²) in [6.45, 7) is 2.98. The zero-order valence-corrected chi connectivity index (χ0v) is 11.7. The fraction of sp³-hybridized carbons (Fsp3) is 0.562. The van der Waals surface area contributed by atoms with E-state index < -0.39 is 0 Å². The molecule has 0 radical (unpaired) electrons. The molecule has 2 N–H and O–H groups in total. The van der Waals surface area contributed by atoms with Gasteiger partial charge in [-0.15, -0.1) is 0 Å². The summed E-state index contributed by atoms with van der Waals surface area (Å²) in [6.07, 6.45) is 2.79. The molecule has 2 unspecified atom stereocenters. The quantitative estimate of drug-likeness (QED) is 0.868. The number of ether oxygens (including phenoxy) is 1. The first-order chi connectivity index (χ1) is 9.83. The van der Waals surface area contributed by atoms with E-state index in [1.807, 2.05) is 0 Å². The number of morpholine rings is 1. The molecule has 1 aliphatic heterocycles. The van der Waals surface area contributed by atoms with Gasteiger partial charge in [-0.2, -0.15) is 0 Å². The molecule has 4 nitrogen and oxygen atoms in total. The van der Waals surface area contributed by atoms with Gasteiger partial charge in [0.2, 0.25) is 5.91 Å². The fourth-order valence-electron chi connectivity index (χ4n) is 3.14. The third kappa shape index (κ3) is 3.19. The molecule has 1 aromatic rings. The number of benzene rings is 1. The number of nitrogens with one attached hydrogen (secondary N) is 2. The molecule has 2 atom stereocenters.